The van der Waals surface area contributed by atoms with Crippen LogP contribution >= 0.6 is 11.3 Å². The highest BCUT2D eigenvalue weighted by atomic mass is 32.1. The fraction of sp³-hybridized carbons (Fsp3) is 0.593. The monoisotopic (exact) mass is 976 g/mol. The second-order valence-corrected chi connectivity index (χ2v) is 22.8. The molecular formula is C54H73N9O6S. The van der Waals surface area contributed by atoms with Crippen molar-refractivity contribution >= 4 is 45.9 Å². The summed E-state index contributed by atoms with van der Waals surface area (Å²) in [6.45, 7) is 20.3. The molecule has 376 valence electrons. The second kappa shape index (κ2) is 20.5. The summed E-state index contributed by atoms with van der Waals surface area (Å²) in [4.78, 5) is 72.9. The lowest BCUT2D eigenvalue weighted by Crippen LogP contribution is -2.62. The summed E-state index contributed by atoms with van der Waals surface area (Å²) in [6.07, 6.45) is 5.11. The summed E-state index contributed by atoms with van der Waals surface area (Å²) in [5.74, 6) is 4.84. The lowest BCUT2D eigenvalue weighted by molar-refractivity contribution is -0.155. The molecule has 5 atom stereocenters. The Kier molecular flexibility index (Phi) is 15.0. The second-order valence-electron chi connectivity index (χ2n) is 21.9. The predicted octanol–water partition coefficient (Wildman–Crippen LogP) is 6.50. The van der Waals surface area contributed by atoms with Gasteiger partial charge in [-0.15, -0.1) is 11.3 Å². The predicted molar refractivity (Wildman–Crippen MR) is 273 cm³/mol. The molecule has 4 aromatic rings. The van der Waals surface area contributed by atoms with Crippen molar-refractivity contribution in [2.75, 3.05) is 60.5 Å². The van der Waals surface area contributed by atoms with E-state index < -0.39 is 35.0 Å². The van der Waals surface area contributed by atoms with Gasteiger partial charge in [0.2, 0.25) is 5.91 Å². The number of fused-ring (bicyclic) bond motifs is 6. The van der Waals surface area contributed by atoms with Crippen molar-refractivity contribution in [3.63, 3.8) is 0 Å². The number of nitrogens with zero attached hydrogens (tertiary/aromatic N) is 7. The summed E-state index contributed by atoms with van der Waals surface area (Å²) >= 11 is 1.47. The zero-order valence-corrected chi connectivity index (χ0v) is 43.9. The number of rotatable bonds is 9. The molecule has 8 rings (SSSR count). The van der Waals surface area contributed by atoms with E-state index in [2.05, 4.69) is 77.1 Å². The quantitative estimate of drug-likeness (QED) is 0.140. The first-order valence-electron chi connectivity index (χ1n) is 25.1. The molecule has 1 aromatic carbocycles. The molecule has 3 saturated heterocycles. The van der Waals surface area contributed by atoms with Crippen LogP contribution in [0.1, 0.15) is 103 Å². The highest BCUT2D eigenvalue weighted by molar-refractivity contribution is 7.10. The first-order chi connectivity index (χ1) is 33.2. The molecule has 2 N–H and O–H groups in total. The van der Waals surface area contributed by atoms with Gasteiger partial charge in [0.25, 0.3) is 11.8 Å². The summed E-state index contributed by atoms with van der Waals surface area (Å²) in [6, 6.07) is 8.33. The van der Waals surface area contributed by atoms with Crippen LogP contribution in [-0.2, 0) is 48.0 Å². The molecule has 4 aliphatic rings. The van der Waals surface area contributed by atoms with Gasteiger partial charge in [-0.3, -0.25) is 39.0 Å². The topological polar surface area (TPSA) is 154 Å². The van der Waals surface area contributed by atoms with Gasteiger partial charge >= 0.3 is 5.97 Å². The first-order valence-corrected chi connectivity index (χ1v) is 26.0. The van der Waals surface area contributed by atoms with Crippen LogP contribution in [0.2, 0.25) is 0 Å². The minimum Gasteiger partial charge on any atom is -0.464 e. The molecule has 0 saturated carbocycles. The Balaban J connectivity index is 1.11. The minimum absolute atomic E-state index is 0.0678. The number of amides is 3. The molecule has 15 nitrogen and oxygen atoms in total. The smallest absolute Gasteiger partial charge is 0.324 e. The molecule has 3 fully saturated rings. The van der Waals surface area contributed by atoms with Gasteiger partial charge in [-0.05, 0) is 122 Å². The lowest BCUT2D eigenvalue weighted by atomic mass is 9.84. The zero-order chi connectivity index (χ0) is 50.3. The SMILES string of the molecule is CCn1c(-c2cccnc2[C@H](C)OC)c2c3cc(ccc31)-c1csc(n1)C[C@H](NC(=O)[C@H](C(C)C)N1CC[C@]3(CCN(C(=O)C#CC(C)(C)N(C)C)C3)C1)C(=O)N1CCC[C@H](N1)C(=O)OCC(C)(C)C2. The normalized spacial score (nSPS) is 23.1. The summed E-state index contributed by atoms with van der Waals surface area (Å²) in [7, 11) is 5.60. The maximum atomic E-state index is 14.8. The van der Waals surface area contributed by atoms with Gasteiger partial charge in [0, 0.05) is 90.7 Å². The number of carbonyl (C=O) groups excluding carboxylic acids is 4. The van der Waals surface area contributed by atoms with E-state index in [0.717, 1.165) is 57.5 Å². The first kappa shape index (κ1) is 51.2. The lowest BCUT2D eigenvalue weighted by Gasteiger charge is -2.36. The number of methoxy groups -OCH3 is 1. The fourth-order valence-corrected chi connectivity index (χ4v) is 11.6. The van der Waals surface area contributed by atoms with E-state index in [-0.39, 0.29) is 48.2 Å². The number of nitrogens with one attached hydrogen (secondary N) is 2. The van der Waals surface area contributed by atoms with Crippen LogP contribution in [0.25, 0.3) is 33.4 Å². The molecule has 0 radical (unpaired) electrons. The summed E-state index contributed by atoms with van der Waals surface area (Å²) < 4.78 is 14.3. The van der Waals surface area contributed by atoms with Gasteiger partial charge in [0.15, 0.2) is 0 Å². The Labute approximate surface area is 418 Å². The number of hydrogen-bond donors (Lipinski definition) is 2. The molecule has 70 heavy (non-hydrogen) atoms. The Morgan fingerprint density at radius 3 is 2.60 bits per heavy atom. The molecule has 0 aliphatic carbocycles. The van der Waals surface area contributed by atoms with Crippen LogP contribution < -0.4 is 10.7 Å². The zero-order valence-electron chi connectivity index (χ0n) is 43.1. The minimum atomic E-state index is -0.965. The van der Waals surface area contributed by atoms with Crippen molar-refractivity contribution in [2.45, 2.75) is 130 Å². The Morgan fingerprint density at radius 1 is 1.10 bits per heavy atom. The van der Waals surface area contributed by atoms with E-state index in [0.29, 0.717) is 63.5 Å². The van der Waals surface area contributed by atoms with E-state index in [1.807, 2.05) is 70.0 Å². The van der Waals surface area contributed by atoms with Crippen LogP contribution in [0.15, 0.2) is 41.9 Å². The van der Waals surface area contributed by atoms with Crippen molar-refractivity contribution in [1.29, 1.82) is 0 Å². The Morgan fingerprint density at radius 2 is 1.87 bits per heavy atom. The number of likely N-dealkylation sites (tertiary alicyclic amines) is 2. The van der Waals surface area contributed by atoms with Crippen molar-refractivity contribution < 1.29 is 28.7 Å². The summed E-state index contributed by atoms with van der Waals surface area (Å²) in [5.41, 5.74) is 8.98. The third-order valence-electron chi connectivity index (χ3n) is 15.2. The molecule has 3 aromatic heterocycles. The van der Waals surface area contributed by atoms with Crippen molar-refractivity contribution in [3.8, 4) is 34.4 Å². The van der Waals surface area contributed by atoms with Gasteiger partial charge in [0.1, 0.15) is 12.1 Å². The number of pyridine rings is 1. The third-order valence-corrected chi connectivity index (χ3v) is 16.1. The maximum Gasteiger partial charge on any atom is 0.324 e. The number of hydrazine groups is 1. The fourth-order valence-electron chi connectivity index (χ4n) is 10.8. The number of aromatic nitrogens is 3. The van der Waals surface area contributed by atoms with Gasteiger partial charge in [0.05, 0.1) is 46.4 Å². The van der Waals surface area contributed by atoms with E-state index in [4.69, 9.17) is 19.4 Å². The Hall–Kier alpha value is -5.18. The van der Waals surface area contributed by atoms with Gasteiger partial charge in [-0.2, -0.15) is 0 Å². The number of carbonyl (C=O) groups is 4. The van der Waals surface area contributed by atoms with E-state index in [1.165, 1.54) is 16.3 Å². The van der Waals surface area contributed by atoms with E-state index in [9.17, 15) is 19.2 Å². The van der Waals surface area contributed by atoms with Crippen LogP contribution in [0.3, 0.4) is 0 Å². The van der Waals surface area contributed by atoms with Gasteiger partial charge in [-0.1, -0.05) is 39.7 Å². The van der Waals surface area contributed by atoms with E-state index >= 15 is 0 Å². The number of hydrogen-bond acceptors (Lipinski definition) is 12. The van der Waals surface area contributed by atoms with Crippen LogP contribution in [0, 0.1) is 28.6 Å². The molecule has 4 aliphatic heterocycles. The number of aryl methyl sites for hydroxylation is 1. The molecule has 1 spiro atoms. The van der Waals surface area contributed by atoms with Crippen LogP contribution in [0.4, 0.5) is 0 Å². The average Bonchev–Trinajstić information content (AvgIpc) is 4.15. The number of esters is 1. The number of thiazole rings is 1. The maximum absolute atomic E-state index is 14.8. The highest BCUT2D eigenvalue weighted by Crippen LogP contribution is 2.43. The van der Waals surface area contributed by atoms with Gasteiger partial charge < -0.3 is 24.3 Å². The molecule has 3 amide bonds. The number of benzene rings is 1. The van der Waals surface area contributed by atoms with E-state index in [1.54, 1.807) is 13.3 Å². The third kappa shape index (κ3) is 10.6. The molecular weight excluding hydrogens is 903 g/mol. The molecule has 7 heterocycles. The Bertz CT molecular complexity index is 2680. The van der Waals surface area contributed by atoms with Crippen LogP contribution in [-0.4, -0.2) is 142 Å². The highest BCUT2D eigenvalue weighted by Gasteiger charge is 2.48. The summed E-state index contributed by atoms with van der Waals surface area (Å²) in [5, 5.41) is 8.53. The van der Waals surface area contributed by atoms with Crippen molar-refractivity contribution in [2.24, 2.45) is 16.7 Å². The molecule has 0 unspecified atom stereocenters. The average molecular weight is 976 g/mol. The number of ether oxygens (including phenoxy) is 2. The standard InChI is InChI=1S/C54H73N9O6S/c1-12-62-43-18-17-36-27-38(43)39(48(62)37-15-13-23-55-46(37)35(4)68-11)29-52(5,6)33-69-51(67)40-16-14-24-63(58-40)50(66)41(28-44-56-42(36)30-70-44)57-49(65)47(34(2)3)61-26-22-54(32-61)21-25-60(31-54)45(64)19-20-53(7,8)59(9)10/h13,15,17-18,23,27,30,34-35,40-41,47,58H,12,14,16,21-22,24-26,28-29,31-33H2,1-11H3,(H,57,65)/t35-,40-,41-,47-,54-/m0/s1. The number of cyclic esters (lactones) is 1. The van der Waals surface area contributed by atoms with Crippen LogP contribution in [0.5, 0.6) is 0 Å². The molecule has 6 bridgehead atoms. The molecule has 16 heteroatoms. The van der Waals surface area contributed by atoms with Crippen molar-refractivity contribution in [3.05, 3.63) is 58.2 Å². The largest absolute Gasteiger partial charge is 0.464 e. The van der Waals surface area contributed by atoms with Gasteiger partial charge in [-0.25, -0.2) is 10.4 Å². The van der Waals surface area contributed by atoms with Crippen molar-refractivity contribution in [1.82, 2.24) is 45.0 Å².